The van der Waals surface area contributed by atoms with Crippen LogP contribution in [0, 0.1) is 0 Å². The van der Waals surface area contributed by atoms with Crippen molar-refractivity contribution >= 4 is 27.5 Å². The molecule has 0 aliphatic heterocycles. The molecule has 0 amide bonds. The molecule has 6 heteroatoms. The molecule has 1 N–H and O–H groups in total. The number of rotatable bonds is 4. The largest absolute Gasteiger partial charge is 0.389 e. The van der Waals surface area contributed by atoms with E-state index in [1.54, 1.807) is 18.2 Å². The number of aliphatic hydroxyl groups is 1. The van der Waals surface area contributed by atoms with Crippen LogP contribution in [-0.4, -0.2) is 11.3 Å². The molecule has 0 fully saturated rings. The van der Waals surface area contributed by atoms with E-state index in [0.717, 1.165) is 4.47 Å². The van der Waals surface area contributed by atoms with Gasteiger partial charge in [0.1, 0.15) is 0 Å². The fourth-order valence-corrected chi connectivity index (χ4v) is 2.57. The molecule has 0 saturated carbocycles. The summed E-state index contributed by atoms with van der Waals surface area (Å²) >= 11 is 9.20. The van der Waals surface area contributed by atoms with E-state index in [9.17, 15) is 18.3 Å². The smallest absolute Gasteiger partial charge is 0.385 e. The Bertz CT molecular complexity index is 418. The predicted molar refractivity (Wildman–Crippen MR) is 68.6 cm³/mol. The van der Waals surface area contributed by atoms with Crippen molar-refractivity contribution in [3.63, 3.8) is 0 Å². The summed E-state index contributed by atoms with van der Waals surface area (Å²) in [6.45, 7) is 1.47. The number of hydrogen-bond donors (Lipinski definition) is 1. The zero-order chi connectivity index (χ0) is 14.0. The Morgan fingerprint density at radius 2 is 1.89 bits per heavy atom. The summed E-state index contributed by atoms with van der Waals surface area (Å²) in [5.41, 5.74) is -0.919. The molecule has 0 bridgehead atoms. The maximum absolute atomic E-state index is 12.1. The van der Waals surface area contributed by atoms with E-state index in [2.05, 4.69) is 15.9 Å². The summed E-state index contributed by atoms with van der Waals surface area (Å²) in [6.07, 6.45) is -5.23. The molecular weight excluding hydrogens is 332 g/mol. The molecule has 1 rings (SSSR count). The number of benzene rings is 1. The van der Waals surface area contributed by atoms with Crippen molar-refractivity contribution in [2.45, 2.75) is 38.0 Å². The van der Waals surface area contributed by atoms with Crippen LogP contribution in [0.5, 0.6) is 0 Å². The van der Waals surface area contributed by atoms with Gasteiger partial charge in [-0.1, -0.05) is 33.6 Å². The van der Waals surface area contributed by atoms with Crippen molar-refractivity contribution in [3.05, 3.63) is 33.3 Å². The highest BCUT2D eigenvalue weighted by Crippen LogP contribution is 2.35. The van der Waals surface area contributed by atoms with E-state index >= 15 is 0 Å². The SMILES string of the molecule is CC(O)(CCCC(F)(F)F)c1ccc(Br)cc1Cl. The maximum Gasteiger partial charge on any atom is 0.389 e. The van der Waals surface area contributed by atoms with E-state index in [4.69, 9.17) is 11.6 Å². The molecule has 0 radical (unpaired) electrons. The Labute approximate surface area is 117 Å². The van der Waals surface area contributed by atoms with Gasteiger partial charge in [0.25, 0.3) is 0 Å². The van der Waals surface area contributed by atoms with E-state index in [0.29, 0.717) is 10.6 Å². The summed E-state index contributed by atoms with van der Waals surface area (Å²) in [6, 6.07) is 4.91. The lowest BCUT2D eigenvalue weighted by Gasteiger charge is -2.25. The van der Waals surface area contributed by atoms with Gasteiger partial charge in [-0.05, 0) is 31.9 Å². The lowest BCUT2D eigenvalue weighted by molar-refractivity contribution is -0.137. The molecule has 1 aromatic rings. The van der Waals surface area contributed by atoms with Crippen LogP contribution in [0.25, 0.3) is 0 Å². The van der Waals surface area contributed by atoms with E-state index in [-0.39, 0.29) is 12.8 Å². The van der Waals surface area contributed by atoms with Crippen molar-refractivity contribution < 1.29 is 18.3 Å². The first-order chi connectivity index (χ1) is 8.12. The van der Waals surface area contributed by atoms with Gasteiger partial charge in [-0.2, -0.15) is 13.2 Å². The molecular formula is C12H13BrClF3O. The van der Waals surface area contributed by atoms with Gasteiger partial charge in [0.05, 0.1) is 5.60 Å². The topological polar surface area (TPSA) is 20.2 Å². The second kappa shape index (κ2) is 5.80. The van der Waals surface area contributed by atoms with Gasteiger partial charge in [0.2, 0.25) is 0 Å². The molecule has 0 aliphatic carbocycles. The highest BCUT2D eigenvalue weighted by atomic mass is 79.9. The molecule has 1 aromatic carbocycles. The number of hydrogen-bond acceptors (Lipinski definition) is 1. The quantitative estimate of drug-likeness (QED) is 0.810. The third-order valence-corrected chi connectivity index (χ3v) is 3.44. The highest BCUT2D eigenvalue weighted by molar-refractivity contribution is 9.10. The predicted octanol–water partition coefficient (Wildman–Crippen LogP) is 5.04. The second-order valence-corrected chi connectivity index (χ2v) is 5.69. The summed E-state index contributed by atoms with van der Waals surface area (Å²) < 4.78 is 36.9. The zero-order valence-electron chi connectivity index (χ0n) is 9.69. The van der Waals surface area contributed by atoms with E-state index < -0.39 is 18.2 Å². The highest BCUT2D eigenvalue weighted by Gasteiger charge is 2.30. The van der Waals surface area contributed by atoms with Gasteiger partial charge in [0, 0.05) is 21.5 Å². The fourth-order valence-electron chi connectivity index (χ4n) is 1.69. The van der Waals surface area contributed by atoms with Gasteiger partial charge in [-0.15, -0.1) is 0 Å². The Balaban J connectivity index is 2.73. The van der Waals surface area contributed by atoms with E-state index in [1.807, 2.05) is 0 Å². The van der Waals surface area contributed by atoms with Crippen LogP contribution in [0.4, 0.5) is 13.2 Å². The summed E-state index contributed by atoms with van der Waals surface area (Å²) in [7, 11) is 0. The minimum absolute atomic E-state index is 0.00780. The molecule has 0 saturated heterocycles. The fraction of sp³-hybridized carbons (Fsp3) is 0.500. The van der Waals surface area contributed by atoms with Crippen LogP contribution in [0.3, 0.4) is 0 Å². The maximum atomic E-state index is 12.1. The molecule has 1 atom stereocenters. The van der Waals surface area contributed by atoms with Crippen LogP contribution < -0.4 is 0 Å². The summed E-state index contributed by atoms with van der Waals surface area (Å²) in [4.78, 5) is 0. The van der Waals surface area contributed by atoms with Crippen LogP contribution in [-0.2, 0) is 5.60 Å². The van der Waals surface area contributed by atoms with Crippen molar-refractivity contribution in [1.82, 2.24) is 0 Å². The van der Waals surface area contributed by atoms with E-state index in [1.165, 1.54) is 6.92 Å². The molecule has 0 heterocycles. The van der Waals surface area contributed by atoms with Crippen molar-refractivity contribution in [1.29, 1.82) is 0 Å². The van der Waals surface area contributed by atoms with Gasteiger partial charge >= 0.3 is 6.18 Å². The molecule has 0 spiro atoms. The molecule has 1 unspecified atom stereocenters. The van der Waals surface area contributed by atoms with Crippen molar-refractivity contribution in [2.75, 3.05) is 0 Å². The molecule has 1 nitrogen and oxygen atoms in total. The monoisotopic (exact) mass is 344 g/mol. The Kier molecular flexibility index (Phi) is 5.09. The van der Waals surface area contributed by atoms with Gasteiger partial charge in [-0.3, -0.25) is 0 Å². The third-order valence-electron chi connectivity index (χ3n) is 2.64. The van der Waals surface area contributed by atoms with Crippen LogP contribution in [0.15, 0.2) is 22.7 Å². The standard InChI is InChI=1S/C12H13BrClF3O/c1-11(18,5-2-6-12(15,16)17)9-4-3-8(13)7-10(9)14/h3-4,7,18H,2,5-6H2,1H3. The molecule has 0 aromatic heterocycles. The Morgan fingerprint density at radius 1 is 1.28 bits per heavy atom. The minimum Gasteiger partial charge on any atom is -0.385 e. The lowest BCUT2D eigenvalue weighted by Crippen LogP contribution is -2.22. The van der Waals surface area contributed by atoms with Gasteiger partial charge < -0.3 is 5.11 Å². The lowest BCUT2D eigenvalue weighted by atomic mass is 9.90. The normalized spacial score (nSPS) is 15.5. The Morgan fingerprint density at radius 3 is 2.39 bits per heavy atom. The molecule has 18 heavy (non-hydrogen) atoms. The minimum atomic E-state index is -4.19. The van der Waals surface area contributed by atoms with Crippen LogP contribution in [0.1, 0.15) is 31.7 Å². The molecule has 0 aliphatic rings. The average Bonchev–Trinajstić information content (AvgIpc) is 2.13. The summed E-state index contributed by atoms with van der Waals surface area (Å²) in [5.74, 6) is 0. The first kappa shape index (κ1) is 15.8. The van der Waals surface area contributed by atoms with Crippen LogP contribution >= 0.6 is 27.5 Å². The Hall–Kier alpha value is -0.260. The first-order valence-corrected chi connectivity index (χ1v) is 6.53. The number of halogens is 5. The molecule has 102 valence electrons. The van der Waals surface area contributed by atoms with Crippen molar-refractivity contribution in [2.24, 2.45) is 0 Å². The first-order valence-electron chi connectivity index (χ1n) is 5.36. The zero-order valence-corrected chi connectivity index (χ0v) is 12.0. The van der Waals surface area contributed by atoms with Gasteiger partial charge in [-0.25, -0.2) is 0 Å². The number of alkyl halides is 3. The van der Waals surface area contributed by atoms with Crippen LogP contribution in [0.2, 0.25) is 5.02 Å². The second-order valence-electron chi connectivity index (χ2n) is 4.37. The average molecular weight is 346 g/mol. The summed E-state index contributed by atoms with van der Waals surface area (Å²) in [5, 5.41) is 10.5. The van der Waals surface area contributed by atoms with Gasteiger partial charge in [0.15, 0.2) is 0 Å². The third kappa shape index (κ3) is 4.78. The van der Waals surface area contributed by atoms with Crippen molar-refractivity contribution in [3.8, 4) is 0 Å².